The highest BCUT2D eigenvalue weighted by molar-refractivity contribution is 7.98. The number of hydrogen-bond acceptors (Lipinski definition) is 7. The smallest absolute Gasteiger partial charge is 0.419 e. The quantitative estimate of drug-likeness (QED) is 0.158. The summed E-state index contributed by atoms with van der Waals surface area (Å²) in [5.41, 5.74) is 7.46. The second kappa shape index (κ2) is 11.0. The molecule has 4 rings (SSSR count). The normalized spacial score (nSPS) is 10.7. The number of ether oxygens (including phenoxy) is 1. The first-order chi connectivity index (χ1) is 16.9. The molecule has 1 amide bonds. The van der Waals surface area contributed by atoms with E-state index in [9.17, 15) is 9.59 Å². The van der Waals surface area contributed by atoms with Crippen molar-refractivity contribution < 1.29 is 19.4 Å². The zero-order chi connectivity index (χ0) is 24.8. The van der Waals surface area contributed by atoms with Crippen LogP contribution in [0.5, 0.6) is 5.75 Å². The zero-order valence-corrected chi connectivity index (χ0v) is 20.1. The van der Waals surface area contributed by atoms with Gasteiger partial charge in [0.2, 0.25) is 0 Å². The molecule has 0 radical (unpaired) electrons. The van der Waals surface area contributed by atoms with E-state index in [2.05, 4.69) is 4.98 Å². The molecule has 0 unspecified atom stereocenters. The number of carboxylic acids is 1. The van der Waals surface area contributed by atoms with E-state index < -0.39 is 12.1 Å². The van der Waals surface area contributed by atoms with E-state index >= 15 is 0 Å². The Bertz CT molecular complexity index is 1360. The predicted molar refractivity (Wildman–Crippen MR) is 139 cm³/mol. The summed E-state index contributed by atoms with van der Waals surface area (Å²) in [6, 6.07) is 21.6. The fraction of sp³-hybridized carbons (Fsp3) is 0.120. The molecule has 4 aromatic rings. The molecule has 4 N–H and O–H groups in total. The zero-order valence-electron chi connectivity index (χ0n) is 18.5. The number of aliphatic carboxylic acids is 1. The summed E-state index contributed by atoms with van der Waals surface area (Å²) in [5.74, 6) is 0.0501. The Morgan fingerprint density at radius 1 is 1.09 bits per heavy atom. The number of hydrogen-bond donors (Lipinski definition) is 3. The van der Waals surface area contributed by atoms with Gasteiger partial charge >= 0.3 is 12.1 Å². The second-order valence-electron chi connectivity index (χ2n) is 7.46. The average molecular weight is 507 g/mol. The number of amidine groups is 1. The predicted octanol–water partition coefficient (Wildman–Crippen LogP) is 5.35. The molecule has 0 aliphatic carbocycles. The lowest BCUT2D eigenvalue weighted by Gasteiger charge is -2.21. The van der Waals surface area contributed by atoms with Gasteiger partial charge < -0.3 is 15.6 Å². The van der Waals surface area contributed by atoms with Gasteiger partial charge in [-0.2, -0.15) is 0 Å². The molecule has 35 heavy (non-hydrogen) atoms. The summed E-state index contributed by atoms with van der Waals surface area (Å²) in [6.45, 7) is -0.00804. The van der Waals surface area contributed by atoms with Gasteiger partial charge in [-0.05, 0) is 36.4 Å². The van der Waals surface area contributed by atoms with Gasteiger partial charge in [0.05, 0.1) is 22.4 Å². The Kier molecular flexibility index (Phi) is 7.64. The number of aromatic nitrogens is 1. The number of carboxylic acid groups (broad SMARTS) is 1. The van der Waals surface area contributed by atoms with Crippen LogP contribution in [-0.2, 0) is 10.5 Å². The number of nitrogens with zero attached hydrogens (tertiary/aromatic N) is 2. The number of nitrogens with one attached hydrogen (secondary N) is 1. The van der Waals surface area contributed by atoms with Crippen molar-refractivity contribution in [3.05, 3.63) is 83.4 Å². The molecule has 0 saturated heterocycles. The molecule has 0 bridgehead atoms. The number of thiazole rings is 1. The Hall–Kier alpha value is -3.89. The van der Waals surface area contributed by atoms with Crippen molar-refractivity contribution >= 4 is 56.9 Å². The summed E-state index contributed by atoms with van der Waals surface area (Å²) in [6.07, 6.45) is -0.856. The lowest BCUT2D eigenvalue weighted by Crippen LogP contribution is -2.35. The number of thioether (sulfide) groups is 1. The Balaban J connectivity index is 1.44. The maximum atomic E-state index is 12.9. The number of benzene rings is 3. The summed E-state index contributed by atoms with van der Waals surface area (Å²) in [4.78, 5) is 30.9. The van der Waals surface area contributed by atoms with Crippen LogP contribution < -0.4 is 15.4 Å². The van der Waals surface area contributed by atoms with Gasteiger partial charge in [0.1, 0.15) is 16.6 Å². The highest BCUT2D eigenvalue weighted by Crippen LogP contribution is 2.31. The maximum Gasteiger partial charge on any atom is 0.419 e. The van der Waals surface area contributed by atoms with Crippen LogP contribution in [0.4, 0.5) is 10.5 Å². The molecule has 1 heterocycles. The number of nitrogen functional groups attached to an aromatic ring is 1. The van der Waals surface area contributed by atoms with E-state index in [1.54, 1.807) is 59.5 Å². The van der Waals surface area contributed by atoms with Crippen molar-refractivity contribution in [1.29, 1.82) is 5.41 Å². The van der Waals surface area contributed by atoms with Crippen LogP contribution >= 0.6 is 23.1 Å². The van der Waals surface area contributed by atoms with E-state index in [1.807, 2.05) is 36.4 Å². The molecule has 0 aliphatic heterocycles. The lowest BCUT2D eigenvalue weighted by atomic mass is 10.2. The minimum absolute atomic E-state index is 0.00804. The molecule has 0 spiro atoms. The van der Waals surface area contributed by atoms with Crippen LogP contribution in [0.15, 0.2) is 77.7 Å². The molecular formula is C25H22N4O4S2. The first kappa shape index (κ1) is 24.2. The Morgan fingerprint density at radius 3 is 2.51 bits per heavy atom. The van der Waals surface area contributed by atoms with Crippen molar-refractivity contribution in [1.82, 2.24) is 4.98 Å². The number of fused-ring (bicyclic) bond motifs is 1. The fourth-order valence-corrected chi connectivity index (χ4v) is 5.09. The third-order valence-corrected chi connectivity index (χ3v) is 7.22. The molecule has 0 fully saturated rings. The molecule has 10 heteroatoms. The maximum absolute atomic E-state index is 12.9. The molecular weight excluding hydrogens is 484 g/mol. The molecule has 8 nitrogen and oxygen atoms in total. The highest BCUT2D eigenvalue weighted by atomic mass is 32.2. The van der Waals surface area contributed by atoms with Gasteiger partial charge in [0.15, 0.2) is 0 Å². The number of carbonyl (C=O) groups excluding carboxylic acids is 1. The highest BCUT2D eigenvalue weighted by Gasteiger charge is 2.19. The van der Waals surface area contributed by atoms with Crippen molar-refractivity contribution in [2.45, 2.75) is 17.1 Å². The van der Waals surface area contributed by atoms with Gasteiger partial charge in [0, 0.05) is 28.8 Å². The van der Waals surface area contributed by atoms with Gasteiger partial charge in [-0.25, -0.2) is 9.78 Å². The standard InChI is InChI=1S/C25H22N4O4S2/c26-24(27)16-6-9-19(10-7-16)34-15-22-28-20-14-18(8-11-21(20)35-22)33-25(32)29(13-12-23(30)31)17-4-2-1-3-5-17/h1-11,14H,12-13,15H2,(H3,26,27)(H,30,31). The summed E-state index contributed by atoms with van der Waals surface area (Å²) in [5, 5.41) is 17.5. The van der Waals surface area contributed by atoms with Gasteiger partial charge in [-0.3, -0.25) is 15.1 Å². The molecule has 0 aliphatic rings. The number of carbonyl (C=O) groups is 2. The molecule has 3 aromatic carbocycles. The number of para-hydroxylation sites is 1. The first-order valence-electron chi connectivity index (χ1n) is 10.6. The average Bonchev–Trinajstić information content (AvgIpc) is 3.26. The molecule has 0 atom stereocenters. The van der Waals surface area contributed by atoms with Crippen molar-refractivity contribution in [3.63, 3.8) is 0 Å². The third-order valence-electron chi connectivity index (χ3n) is 4.97. The minimum atomic E-state index is -0.997. The van der Waals surface area contributed by atoms with Crippen LogP contribution in [0, 0.1) is 5.41 Å². The van der Waals surface area contributed by atoms with E-state index in [4.69, 9.17) is 21.0 Å². The lowest BCUT2D eigenvalue weighted by molar-refractivity contribution is -0.136. The van der Waals surface area contributed by atoms with Crippen LogP contribution in [0.25, 0.3) is 10.2 Å². The van der Waals surface area contributed by atoms with Gasteiger partial charge in [-0.1, -0.05) is 30.3 Å². The number of rotatable bonds is 9. The molecule has 1 aromatic heterocycles. The Morgan fingerprint density at radius 2 is 1.83 bits per heavy atom. The number of anilines is 1. The summed E-state index contributed by atoms with van der Waals surface area (Å²) in [7, 11) is 0. The van der Waals surface area contributed by atoms with Crippen LogP contribution in [0.2, 0.25) is 0 Å². The number of amides is 1. The van der Waals surface area contributed by atoms with E-state index in [1.165, 1.54) is 4.90 Å². The van der Waals surface area contributed by atoms with Gasteiger partial charge in [-0.15, -0.1) is 23.1 Å². The molecule has 0 saturated carbocycles. The Labute approximate surface area is 209 Å². The topological polar surface area (TPSA) is 130 Å². The van der Waals surface area contributed by atoms with E-state index in [0.29, 0.717) is 22.8 Å². The van der Waals surface area contributed by atoms with E-state index in [0.717, 1.165) is 20.1 Å². The molecule has 178 valence electrons. The summed E-state index contributed by atoms with van der Waals surface area (Å²) >= 11 is 3.19. The first-order valence-corrected chi connectivity index (χ1v) is 12.4. The van der Waals surface area contributed by atoms with Crippen molar-refractivity contribution in [2.24, 2.45) is 5.73 Å². The van der Waals surface area contributed by atoms with Crippen LogP contribution in [0.3, 0.4) is 0 Å². The monoisotopic (exact) mass is 506 g/mol. The minimum Gasteiger partial charge on any atom is -0.481 e. The second-order valence-corrected chi connectivity index (χ2v) is 9.63. The van der Waals surface area contributed by atoms with Crippen LogP contribution in [-0.4, -0.2) is 34.5 Å². The van der Waals surface area contributed by atoms with E-state index in [-0.39, 0.29) is 18.8 Å². The third kappa shape index (κ3) is 6.37. The summed E-state index contributed by atoms with van der Waals surface area (Å²) < 4.78 is 6.54. The van der Waals surface area contributed by atoms with Crippen molar-refractivity contribution in [3.8, 4) is 5.75 Å². The number of nitrogens with two attached hydrogens (primary N) is 1. The van der Waals surface area contributed by atoms with Gasteiger partial charge in [0.25, 0.3) is 0 Å². The largest absolute Gasteiger partial charge is 0.481 e. The SMILES string of the molecule is N=C(N)c1ccc(SCc2nc3cc(OC(=O)N(CCC(=O)O)c4ccccc4)ccc3s2)cc1. The van der Waals surface area contributed by atoms with Crippen molar-refractivity contribution in [2.75, 3.05) is 11.4 Å². The van der Waals surface area contributed by atoms with Crippen LogP contribution in [0.1, 0.15) is 17.0 Å². The fourth-order valence-electron chi connectivity index (χ4n) is 3.25.